The van der Waals surface area contributed by atoms with Crippen LogP contribution in [-0.4, -0.2) is 25.7 Å². The van der Waals surface area contributed by atoms with E-state index in [1.165, 1.54) is 0 Å². The van der Waals surface area contributed by atoms with Gasteiger partial charge < -0.3 is 9.84 Å². The first-order chi connectivity index (χ1) is 12.5. The normalized spacial score (nSPS) is 20.8. The number of halogens is 4. The average molecular weight is 401 g/mol. The summed E-state index contributed by atoms with van der Waals surface area (Å²) in [6.07, 6.45) is -4.97. The molecule has 10 heteroatoms. The van der Waals surface area contributed by atoms with Gasteiger partial charge in [-0.25, -0.2) is 17.2 Å². The van der Waals surface area contributed by atoms with E-state index >= 15 is 0 Å². The number of benzene rings is 2. The van der Waals surface area contributed by atoms with E-state index in [1.54, 1.807) is 6.07 Å². The zero-order valence-corrected chi connectivity index (χ0v) is 14.4. The Hall–Kier alpha value is -2.64. The number of nitriles is 1. The largest absolute Gasteiger partial charge is 0.457 e. The molecule has 1 aliphatic rings. The molecule has 0 heterocycles. The van der Waals surface area contributed by atoms with Crippen LogP contribution < -0.4 is 4.74 Å². The van der Waals surface area contributed by atoms with Crippen LogP contribution in [0, 0.1) is 17.1 Å². The lowest BCUT2D eigenvalue weighted by molar-refractivity contribution is -0.143. The molecule has 1 unspecified atom stereocenters. The second-order valence-electron chi connectivity index (χ2n) is 5.96. The summed E-state index contributed by atoms with van der Waals surface area (Å²) in [6.45, 7) is 0. The molecule has 27 heavy (non-hydrogen) atoms. The summed E-state index contributed by atoms with van der Waals surface area (Å²) in [6, 6.07) is 6.40. The molecule has 1 aliphatic carbocycles. The van der Waals surface area contributed by atoms with Crippen molar-refractivity contribution in [1.29, 1.82) is 5.26 Å². The number of aliphatic hydroxyl groups excluding tert-OH is 1. The summed E-state index contributed by atoms with van der Waals surface area (Å²) < 4.78 is 84.8. The minimum absolute atomic E-state index is 0.154. The van der Waals surface area contributed by atoms with Crippen molar-refractivity contribution in [3.8, 4) is 17.6 Å². The topological polar surface area (TPSA) is 87.4 Å². The third-order valence-electron chi connectivity index (χ3n) is 4.12. The van der Waals surface area contributed by atoms with Crippen LogP contribution in [0.25, 0.3) is 0 Å². The smallest absolute Gasteiger partial charge is 0.312 e. The second kappa shape index (κ2) is 6.21. The average Bonchev–Trinajstić information content (AvgIpc) is 2.77. The molecule has 0 aliphatic heterocycles. The monoisotopic (exact) mass is 401 g/mol. The fourth-order valence-corrected chi connectivity index (χ4v) is 3.79. The number of rotatable bonds is 3. The maximum atomic E-state index is 14.4. The van der Waals surface area contributed by atoms with Gasteiger partial charge in [0, 0.05) is 23.4 Å². The molecule has 1 N–H and O–H groups in total. The standard InChI is InChI=1S/C17H11F4NO4S/c1-27(24,25)12-5-4-11(13-14(12)16(23)17(20,21)15(13)19)26-9-2-3-10(18)8(6-9)7-22/h2-6,15-16,23H,1H3/t15?,16-/m0/s1. The van der Waals surface area contributed by atoms with Crippen molar-refractivity contribution in [2.45, 2.75) is 23.1 Å². The van der Waals surface area contributed by atoms with Gasteiger partial charge in [0.25, 0.3) is 0 Å². The van der Waals surface area contributed by atoms with Gasteiger partial charge in [0.15, 0.2) is 16.0 Å². The first kappa shape index (κ1) is 19.1. The predicted octanol–water partition coefficient (Wildman–Crippen LogP) is 3.59. The van der Waals surface area contributed by atoms with E-state index in [4.69, 9.17) is 10.00 Å². The van der Waals surface area contributed by atoms with E-state index in [1.807, 2.05) is 0 Å². The Balaban J connectivity index is 2.19. The van der Waals surface area contributed by atoms with Gasteiger partial charge in [-0.05, 0) is 24.3 Å². The number of aliphatic hydroxyl groups is 1. The number of nitrogens with zero attached hydrogens (tertiary/aromatic N) is 1. The van der Waals surface area contributed by atoms with E-state index in [9.17, 15) is 31.1 Å². The van der Waals surface area contributed by atoms with Gasteiger partial charge in [-0.3, -0.25) is 0 Å². The van der Waals surface area contributed by atoms with Crippen LogP contribution in [0.2, 0.25) is 0 Å². The summed E-state index contributed by atoms with van der Waals surface area (Å²) in [7, 11) is -4.05. The van der Waals surface area contributed by atoms with Crippen molar-refractivity contribution in [3.05, 3.63) is 52.8 Å². The molecule has 0 spiro atoms. The molecule has 2 aromatic rings. The SMILES string of the molecule is CS(=O)(=O)c1ccc(Oc2ccc(F)c(C#N)c2)c2c1[C@H](O)C(F)(F)C2F. The van der Waals surface area contributed by atoms with E-state index in [0.717, 1.165) is 36.6 Å². The Kier molecular flexibility index (Phi) is 4.40. The van der Waals surface area contributed by atoms with Crippen molar-refractivity contribution in [3.63, 3.8) is 0 Å². The molecule has 3 rings (SSSR count). The highest BCUT2D eigenvalue weighted by Gasteiger charge is 2.58. The fourth-order valence-electron chi connectivity index (χ4n) is 2.86. The highest BCUT2D eigenvalue weighted by molar-refractivity contribution is 7.90. The number of hydrogen-bond donors (Lipinski definition) is 1. The van der Waals surface area contributed by atoms with Gasteiger partial charge in [-0.15, -0.1) is 0 Å². The van der Waals surface area contributed by atoms with Crippen molar-refractivity contribution in [2.24, 2.45) is 0 Å². The van der Waals surface area contributed by atoms with E-state index in [2.05, 4.69) is 0 Å². The third kappa shape index (κ3) is 3.02. The van der Waals surface area contributed by atoms with Gasteiger partial charge in [-0.1, -0.05) is 0 Å². The van der Waals surface area contributed by atoms with Crippen LogP contribution in [0.4, 0.5) is 17.6 Å². The van der Waals surface area contributed by atoms with E-state index < -0.39 is 55.6 Å². The third-order valence-corrected chi connectivity index (χ3v) is 5.28. The highest BCUT2D eigenvalue weighted by Crippen LogP contribution is 2.57. The van der Waals surface area contributed by atoms with Gasteiger partial charge in [0.05, 0.1) is 10.5 Å². The van der Waals surface area contributed by atoms with E-state index in [0.29, 0.717) is 0 Å². The molecule has 5 nitrogen and oxygen atoms in total. The molecule has 0 amide bonds. The van der Waals surface area contributed by atoms with Gasteiger partial charge in [0.1, 0.15) is 29.5 Å². The molecule has 0 bridgehead atoms. The lowest BCUT2D eigenvalue weighted by atomic mass is 10.1. The lowest BCUT2D eigenvalue weighted by Crippen LogP contribution is -2.24. The van der Waals surface area contributed by atoms with E-state index in [-0.39, 0.29) is 11.3 Å². The van der Waals surface area contributed by atoms with Crippen LogP contribution in [0.3, 0.4) is 0 Å². The van der Waals surface area contributed by atoms with Crippen molar-refractivity contribution in [2.75, 3.05) is 6.26 Å². The summed E-state index contributed by atoms with van der Waals surface area (Å²) in [5.41, 5.74) is -1.98. The van der Waals surface area contributed by atoms with Crippen LogP contribution in [0.15, 0.2) is 35.2 Å². The second-order valence-corrected chi connectivity index (χ2v) is 7.94. The molecular formula is C17H11F4NO4S. The number of alkyl halides is 3. The lowest BCUT2D eigenvalue weighted by Gasteiger charge is -2.16. The molecule has 0 saturated heterocycles. The maximum Gasteiger partial charge on any atom is 0.312 e. The van der Waals surface area contributed by atoms with Crippen LogP contribution in [0.1, 0.15) is 29.0 Å². The molecule has 0 saturated carbocycles. The first-order valence-electron chi connectivity index (χ1n) is 7.42. The quantitative estimate of drug-likeness (QED) is 0.795. The molecule has 0 aromatic heterocycles. The van der Waals surface area contributed by atoms with Crippen molar-refractivity contribution in [1.82, 2.24) is 0 Å². The number of sulfone groups is 1. The zero-order chi connectivity index (χ0) is 20.1. The Bertz CT molecular complexity index is 1080. The molecule has 0 fully saturated rings. The molecule has 2 aromatic carbocycles. The molecule has 2 atom stereocenters. The van der Waals surface area contributed by atoms with Gasteiger partial charge in [0.2, 0.25) is 0 Å². The van der Waals surface area contributed by atoms with Gasteiger partial charge >= 0.3 is 5.92 Å². The number of hydrogen-bond acceptors (Lipinski definition) is 5. The Morgan fingerprint density at radius 2 is 1.89 bits per heavy atom. The summed E-state index contributed by atoms with van der Waals surface area (Å²) >= 11 is 0. The predicted molar refractivity (Wildman–Crippen MR) is 84.5 cm³/mol. The Morgan fingerprint density at radius 1 is 1.22 bits per heavy atom. The van der Waals surface area contributed by atoms with Crippen LogP contribution >= 0.6 is 0 Å². The molecular weight excluding hydrogens is 390 g/mol. The minimum atomic E-state index is -4.26. The molecule has 0 radical (unpaired) electrons. The maximum absolute atomic E-state index is 14.4. The highest BCUT2D eigenvalue weighted by atomic mass is 32.2. The van der Waals surface area contributed by atoms with Crippen molar-refractivity contribution < 1.29 is 35.8 Å². The van der Waals surface area contributed by atoms with Crippen LogP contribution in [0.5, 0.6) is 11.5 Å². The summed E-state index contributed by atoms with van der Waals surface area (Å²) in [5.74, 6) is -5.73. The number of fused-ring (bicyclic) bond motifs is 1. The zero-order valence-electron chi connectivity index (χ0n) is 13.6. The van der Waals surface area contributed by atoms with Crippen molar-refractivity contribution >= 4 is 9.84 Å². The summed E-state index contributed by atoms with van der Waals surface area (Å²) in [5, 5.41) is 18.7. The molecule has 142 valence electrons. The summed E-state index contributed by atoms with van der Waals surface area (Å²) in [4.78, 5) is -0.644. The fraction of sp³-hybridized carbons (Fsp3) is 0.235. The Morgan fingerprint density at radius 3 is 2.48 bits per heavy atom. The minimum Gasteiger partial charge on any atom is -0.457 e. The van der Waals surface area contributed by atoms with Crippen LogP contribution in [-0.2, 0) is 9.84 Å². The first-order valence-corrected chi connectivity index (χ1v) is 9.32. The van der Waals surface area contributed by atoms with Gasteiger partial charge in [-0.2, -0.15) is 14.0 Å². The Labute approximate surface area is 151 Å². The number of ether oxygens (including phenoxy) is 1.